The zero-order valence-corrected chi connectivity index (χ0v) is 13.9. The Morgan fingerprint density at radius 3 is 2.48 bits per heavy atom. The summed E-state index contributed by atoms with van der Waals surface area (Å²) in [6.07, 6.45) is 0. The number of rotatable bonds is 5. The van der Waals surface area contributed by atoms with Crippen molar-refractivity contribution >= 4 is 0 Å². The van der Waals surface area contributed by atoms with Crippen molar-refractivity contribution in [3.8, 4) is 0 Å². The lowest BCUT2D eigenvalue weighted by Crippen LogP contribution is -2.51. The second kappa shape index (κ2) is 7.39. The first kappa shape index (κ1) is 16.5. The monoisotopic (exact) mass is 290 g/mol. The Balaban J connectivity index is 2.31. The van der Waals surface area contributed by atoms with Gasteiger partial charge < -0.3 is 5.11 Å². The van der Waals surface area contributed by atoms with Crippen molar-refractivity contribution in [2.75, 3.05) is 32.8 Å². The smallest absolute Gasteiger partial charge is 0.0558 e. The lowest BCUT2D eigenvalue weighted by Gasteiger charge is -2.44. The third-order valence-electron chi connectivity index (χ3n) is 4.56. The normalized spacial score (nSPS) is 21.4. The van der Waals surface area contributed by atoms with Gasteiger partial charge in [-0.3, -0.25) is 9.80 Å². The fourth-order valence-electron chi connectivity index (χ4n) is 3.43. The van der Waals surface area contributed by atoms with Crippen LogP contribution in [0, 0.1) is 0 Å². The largest absolute Gasteiger partial charge is 0.395 e. The fraction of sp³-hybridized carbons (Fsp3) is 0.667. The maximum absolute atomic E-state index is 9.24. The van der Waals surface area contributed by atoms with E-state index in [0.717, 1.165) is 26.2 Å². The van der Waals surface area contributed by atoms with Crippen LogP contribution in [0.1, 0.15) is 50.8 Å². The number of β-amino-alcohol motifs (C(OH)–C–C–N with tert-alkyl or cyclic N) is 1. The first-order chi connectivity index (χ1) is 10.0. The summed E-state index contributed by atoms with van der Waals surface area (Å²) in [5, 5.41) is 9.24. The molecule has 1 saturated heterocycles. The highest BCUT2D eigenvalue weighted by Gasteiger charge is 2.31. The quantitative estimate of drug-likeness (QED) is 0.903. The van der Waals surface area contributed by atoms with E-state index in [9.17, 15) is 5.11 Å². The number of benzene rings is 1. The first-order valence-corrected chi connectivity index (χ1v) is 8.22. The van der Waals surface area contributed by atoms with Crippen molar-refractivity contribution in [1.82, 2.24) is 9.80 Å². The molecule has 2 rings (SSSR count). The van der Waals surface area contributed by atoms with E-state index in [1.54, 1.807) is 0 Å². The standard InChI is InChI=1S/C18H30N2O/c1-14(2)16-7-5-6-8-17(16)18-13-19(11-12-21)9-10-20(18)15(3)4/h5-8,14-15,18,21H,9-13H2,1-4H3. The van der Waals surface area contributed by atoms with Crippen LogP contribution in [0.25, 0.3) is 0 Å². The molecule has 0 amide bonds. The van der Waals surface area contributed by atoms with Gasteiger partial charge in [-0.05, 0) is 30.9 Å². The van der Waals surface area contributed by atoms with Crippen molar-refractivity contribution in [3.63, 3.8) is 0 Å². The minimum Gasteiger partial charge on any atom is -0.395 e. The van der Waals surface area contributed by atoms with Crippen LogP contribution in [0.4, 0.5) is 0 Å². The Bertz CT molecular complexity index is 445. The molecular formula is C18H30N2O. The van der Waals surface area contributed by atoms with Gasteiger partial charge in [0.1, 0.15) is 0 Å². The fourth-order valence-corrected chi connectivity index (χ4v) is 3.43. The molecule has 0 spiro atoms. The van der Waals surface area contributed by atoms with Crippen LogP contribution in [0.2, 0.25) is 0 Å². The summed E-state index contributed by atoms with van der Waals surface area (Å²) in [7, 11) is 0. The van der Waals surface area contributed by atoms with Gasteiger partial charge in [0.25, 0.3) is 0 Å². The van der Waals surface area contributed by atoms with E-state index < -0.39 is 0 Å². The first-order valence-electron chi connectivity index (χ1n) is 8.22. The zero-order valence-electron chi connectivity index (χ0n) is 13.9. The van der Waals surface area contributed by atoms with E-state index in [2.05, 4.69) is 61.8 Å². The highest BCUT2D eigenvalue weighted by molar-refractivity contribution is 5.33. The van der Waals surface area contributed by atoms with Gasteiger partial charge in [-0.15, -0.1) is 0 Å². The summed E-state index contributed by atoms with van der Waals surface area (Å²) in [4.78, 5) is 5.00. The van der Waals surface area contributed by atoms with Gasteiger partial charge in [-0.2, -0.15) is 0 Å². The SMILES string of the molecule is CC(C)c1ccccc1C1CN(CCO)CCN1C(C)C. The second-order valence-corrected chi connectivity index (χ2v) is 6.66. The molecule has 3 heteroatoms. The molecule has 1 aromatic carbocycles. The van der Waals surface area contributed by atoms with Crippen LogP contribution in [0.5, 0.6) is 0 Å². The van der Waals surface area contributed by atoms with E-state index in [1.165, 1.54) is 11.1 Å². The molecule has 1 N–H and O–H groups in total. The molecule has 0 saturated carbocycles. The molecule has 1 aliphatic heterocycles. The molecule has 1 atom stereocenters. The van der Waals surface area contributed by atoms with Gasteiger partial charge in [0.05, 0.1) is 6.61 Å². The Labute approximate surface area is 129 Å². The maximum atomic E-state index is 9.24. The molecule has 3 nitrogen and oxygen atoms in total. The Kier molecular flexibility index (Phi) is 5.80. The Hall–Kier alpha value is -0.900. The van der Waals surface area contributed by atoms with E-state index in [0.29, 0.717) is 18.0 Å². The Morgan fingerprint density at radius 1 is 1.14 bits per heavy atom. The molecule has 1 aromatic rings. The summed E-state index contributed by atoms with van der Waals surface area (Å²) >= 11 is 0. The summed E-state index contributed by atoms with van der Waals surface area (Å²) < 4.78 is 0. The van der Waals surface area contributed by atoms with E-state index in [4.69, 9.17) is 0 Å². The maximum Gasteiger partial charge on any atom is 0.0558 e. The molecular weight excluding hydrogens is 260 g/mol. The van der Waals surface area contributed by atoms with Gasteiger partial charge in [0.2, 0.25) is 0 Å². The molecule has 118 valence electrons. The van der Waals surface area contributed by atoms with Crippen molar-refractivity contribution in [2.45, 2.75) is 45.7 Å². The van der Waals surface area contributed by atoms with Crippen LogP contribution >= 0.6 is 0 Å². The minimum atomic E-state index is 0.250. The number of hydrogen-bond donors (Lipinski definition) is 1. The van der Waals surface area contributed by atoms with Gasteiger partial charge in [0.15, 0.2) is 0 Å². The molecule has 0 bridgehead atoms. The lowest BCUT2D eigenvalue weighted by molar-refractivity contribution is 0.0420. The van der Waals surface area contributed by atoms with E-state index in [-0.39, 0.29) is 6.61 Å². The van der Waals surface area contributed by atoms with Crippen LogP contribution in [0.3, 0.4) is 0 Å². The predicted octanol–water partition coefficient (Wildman–Crippen LogP) is 2.87. The van der Waals surface area contributed by atoms with Gasteiger partial charge in [-0.25, -0.2) is 0 Å². The molecule has 1 fully saturated rings. The highest BCUT2D eigenvalue weighted by Crippen LogP contribution is 2.32. The summed E-state index contributed by atoms with van der Waals surface area (Å²) in [6.45, 7) is 13.3. The van der Waals surface area contributed by atoms with Crippen LogP contribution in [-0.2, 0) is 0 Å². The number of aliphatic hydroxyl groups is 1. The van der Waals surface area contributed by atoms with Crippen molar-refractivity contribution in [3.05, 3.63) is 35.4 Å². The average molecular weight is 290 g/mol. The molecule has 1 aliphatic rings. The molecule has 0 aliphatic carbocycles. The van der Waals surface area contributed by atoms with Crippen molar-refractivity contribution < 1.29 is 5.11 Å². The van der Waals surface area contributed by atoms with Crippen LogP contribution in [0.15, 0.2) is 24.3 Å². The third kappa shape index (κ3) is 3.85. The van der Waals surface area contributed by atoms with Crippen LogP contribution in [-0.4, -0.2) is 53.7 Å². The summed E-state index contributed by atoms with van der Waals surface area (Å²) in [5.41, 5.74) is 2.92. The second-order valence-electron chi connectivity index (χ2n) is 6.66. The van der Waals surface area contributed by atoms with Crippen molar-refractivity contribution in [2.24, 2.45) is 0 Å². The van der Waals surface area contributed by atoms with Gasteiger partial charge in [-0.1, -0.05) is 38.1 Å². The summed E-state index contributed by atoms with van der Waals surface area (Å²) in [6, 6.07) is 9.84. The average Bonchev–Trinajstić information content (AvgIpc) is 2.47. The zero-order chi connectivity index (χ0) is 15.4. The van der Waals surface area contributed by atoms with E-state index in [1.807, 2.05) is 0 Å². The summed E-state index contributed by atoms with van der Waals surface area (Å²) in [5.74, 6) is 0.545. The van der Waals surface area contributed by atoms with Gasteiger partial charge in [0, 0.05) is 38.3 Å². The van der Waals surface area contributed by atoms with Crippen LogP contribution < -0.4 is 0 Å². The number of piperazine rings is 1. The van der Waals surface area contributed by atoms with E-state index >= 15 is 0 Å². The number of aliphatic hydroxyl groups excluding tert-OH is 1. The number of hydrogen-bond acceptors (Lipinski definition) is 3. The molecule has 21 heavy (non-hydrogen) atoms. The predicted molar refractivity (Wildman–Crippen MR) is 88.6 cm³/mol. The minimum absolute atomic E-state index is 0.250. The topological polar surface area (TPSA) is 26.7 Å². The molecule has 1 heterocycles. The highest BCUT2D eigenvalue weighted by atomic mass is 16.3. The lowest BCUT2D eigenvalue weighted by atomic mass is 9.90. The Morgan fingerprint density at radius 2 is 1.86 bits per heavy atom. The van der Waals surface area contributed by atoms with Crippen molar-refractivity contribution in [1.29, 1.82) is 0 Å². The number of nitrogens with zero attached hydrogens (tertiary/aromatic N) is 2. The third-order valence-corrected chi connectivity index (χ3v) is 4.56. The van der Waals surface area contributed by atoms with Gasteiger partial charge >= 0.3 is 0 Å². The molecule has 0 aromatic heterocycles. The molecule has 0 radical (unpaired) electrons. The molecule has 1 unspecified atom stereocenters.